The van der Waals surface area contributed by atoms with Gasteiger partial charge >= 0.3 is 0 Å². The van der Waals surface area contributed by atoms with Crippen LogP contribution in [0.15, 0.2) is 48.5 Å². The van der Waals surface area contributed by atoms with Gasteiger partial charge in [0.2, 0.25) is 0 Å². The summed E-state index contributed by atoms with van der Waals surface area (Å²) in [6.07, 6.45) is 13.5. The average molecular weight is 391 g/mol. The van der Waals surface area contributed by atoms with Crippen LogP contribution in [-0.4, -0.2) is 0 Å². The number of fused-ring (bicyclic) bond motifs is 3. The second-order valence-corrected chi connectivity index (χ2v) is 9.46. The van der Waals surface area contributed by atoms with Crippen LogP contribution in [0.5, 0.6) is 0 Å². The van der Waals surface area contributed by atoms with Gasteiger partial charge in [0.25, 0.3) is 0 Å². The predicted molar refractivity (Wildman–Crippen MR) is 129 cm³/mol. The van der Waals surface area contributed by atoms with E-state index in [1.807, 2.05) is 0 Å². The van der Waals surface area contributed by atoms with E-state index in [-0.39, 0.29) is 5.41 Å². The Bertz CT molecular complexity index is 691. The van der Waals surface area contributed by atoms with Gasteiger partial charge in [-0.1, -0.05) is 128 Å². The third-order valence-corrected chi connectivity index (χ3v) is 7.57. The normalized spacial score (nSPS) is 16.3. The van der Waals surface area contributed by atoms with Crippen LogP contribution < -0.4 is 0 Å². The molecule has 29 heavy (non-hydrogen) atoms. The van der Waals surface area contributed by atoms with Crippen LogP contribution in [0.2, 0.25) is 0 Å². The first kappa shape index (κ1) is 22.1. The van der Waals surface area contributed by atoms with Crippen molar-refractivity contribution in [2.75, 3.05) is 0 Å². The zero-order valence-corrected chi connectivity index (χ0v) is 19.3. The van der Waals surface area contributed by atoms with Crippen molar-refractivity contribution in [3.05, 3.63) is 59.7 Å². The summed E-state index contributed by atoms with van der Waals surface area (Å²) >= 11 is 0. The molecular weight excluding hydrogens is 348 g/mol. The molecule has 0 fully saturated rings. The first-order valence-electron chi connectivity index (χ1n) is 12.4. The quantitative estimate of drug-likeness (QED) is 0.317. The predicted octanol–water partition coefficient (Wildman–Crippen LogP) is 9.17. The van der Waals surface area contributed by atoms with Gasteiger partial charge in [0.1, 0.15) is 0 Å². The third kappa shape index (κ3) is 4.32. The molecule has 0 heterocycles. The first-order valence-corrected chi connectivity index (χ1v) is 12.4. The number of hydrogen-bond acceptors (Lipinski definition) is 0. The topological polar surface area (TPSA) is 0 Å². The monoisotopic (exact) mass is 390 g/mol. The van der Waals surface area contributed by atoms with Crippen molar-refractivity contribution in [3.63, 3.8) is 0 Å². The molecule has 2 aromatic carbocycles. The zero-order chi connectivity index (χ0) is 20.7. The summed E-state index contributed by atoms with van der Waals surface area (Å²) in [6.45, 7) is 9.72. The van der Waals surface area contributed by atoms with Crippen LogP contribution in [0.1, 0.15) is 103 Å². The first-order chi connectivity index (χ1) is 14.2. The van der Waals surface area contributed by atoms with Gasteiger partial charge in [-0.05, 0) is 46.9 Å². The highest BCUT2D eigenvalue weighted by Gasteiger charge is 2.49. The summed E-state index contributed by atoms with van der Waals surface area (Å²) in [7, 11) is 0. The standard InChI is InChI=1S/C29H42/c1-5-7-9-11-17-23(3)29(24(4)18-12-10-8-6-2)27-21-15-13-19-25(27)26-20-14-16-22-28(26)29/h13-16,19-24H,5-12,17-18H2,1-4H3. The summed E-state index contributed by atoms with van der Waals surface area (Å²) in [6, 6.07) is 18.6. The molecule has 0 aromatic heterocycles. The molecule has 0 amide bonds. The molecule has 0 radical (unpaired) electrons. The molecular formula is C29H42. The van der Waals surface area contributed by atoms with Gasteiger partial charge in [0.05, 0.1) is 0 Å². The Kier molecular flexibility index (Phi) is 7.99. The molecule has 0 aliphatic heterocycles. The lowest BCUT2D eigenvalue weighted by molar-refractivity contribution is 0.216. The Hall–Kier alpha value is -1.56. The van der Waals surface area contributed by atoms with E-state index in [9.17, 15) is 0 Å². The molecule has 0 N–H and O–H groups in total. The second kappa shape index (κ2) is 10.5. The molecule has 1 aliphatic rings. The van der Waals surface area contributed by atoms with Crippen molar-refractivity contribution in [1.29, 1.82) is 0 Å². The van der Waals surface area contributed by atoms with Crippen LogP contribution in [0.25, 0.3) is 11.1 Å². The summed E-state index contributed by atoms with van der Waals surface area (Å²) in [4.78, 5) is 0. The zero-order valence-electron chi connectivity index (χ0n) is 19.3. The van der Waals surface area contributed by atoms with Crippen molar-refractivity contribution in [3.8, 4) is 11.1 Å². The molecule has 0 saturated heterocycles. The van der Waals surface area contributed by atoms with Gasteiger partial charge in [-0.15, -0.1) is 0 Å². The van der Waals surface area contributed by atoms with E-state index >= 15 is 0 Å². The van der Waals surface area contributed by atoms with Crippen molar-refractivity contribution in [1.82, 2.24) is 0 Å². The highest BCUT2D eigenvalue weighted by molar-refractivity contribution is 5.81. The number of rotatable bonds is 12. The van der Waals surface area contributed by atoms with Gasteiger partial charge < -0.3 is 0 Å². The van der Waals surface area contributed by atoms with Crippen LogP contribution >= 0.6 is 0 Å². The molecule has 2 unspecified atom stereocenters. The van der Waals surface area contributed by atoms with Gasteiger partial charge in [-0.3, -0.25) is 0 Å². The highest BCUT2D eigenvalue weighted by Crippen LogP contribution is 2.58. The molecule has 0 nitrogen and oxygen atoms in total. The van der Waals surface area contributed by atoms with Crippen LogP contribution in [0.3, 0.4) is 0 Å². The maximum Gasteiger partial charge on any atom is 0.0266 e. The van der Waals surface area contributed by atoms with E-state index in [1.54, 1.807) is 11.1 Å². The number of hydrogen-bond donors (Lipinski definition) is 0. The minimum Gasteiger partial charge on any atom is -0.0654 e. The molecule has 2 aromatic rings. The van der Waals surface area contributed by atoms with E-state index in [1.165, 1.54) is 75.3 Å². The lowest BCUT2D eigenvalue weighted by Gasteiger charge is -2.43. The molecule has 3 rings (SSSR count). The van der Waals surface area contributed by atoms with Gasteiger partial charge in [0, 0.05) is 5.41 Å². The maximum absolute atomic E-state index is 2.55. The van der Waals surface area contributed by atoms with Crippen molar-refractivity contribution >= 4 is 0 Å². The fraction of sp³-hybridized carbons (Fsp3) is 0.586. The Morgan fingerprint density at radius 2 is 1.00 bits per heavy atom. The Balaban J connectivity index is 1.99. The third-order valence-electron chi connectivity index (χ3n) is 7.57. The van der Waals surface area contributed by atoms with Crippen molar-refractivity contribution in [2.24, 2.45) is 11.8 Å². The minimum atomic E-state index is 0.172. The van der Waals surface area contributed by atoms with E-state index in [4.69, 9.17) is 0 Å². The van der Waals surface area contributed by atoms with E-state index in [0.29, 0.717) is 11.8 Å². The van der Waals surface area contributed by atoms with E-state index < -0.39 is 0 Å². The van der Waals surface area contributed by atoms with Crippen molar-refractivity contribution in [2.45, 2.75) is 97.3 Å². The average Bonchev–Trinajstić information content (AvgIpc) is 3.06. The Morgan fingerprint density at radius 1 is 0.586 bits per heavy atom. The fourth-order valence-corrected chi connectivity index (χ4v) is 6.06. The Morgan fingerprint density at radius 3 is 1.41 bits per heavy atom. The van der Waals surface area contributed by atoms with Crippen LogP contribution in [0.4, 0.5) is 0 Å². The number of benzene rings is 2. The summed E-state index contributed by atoms with van der Waals surface area (Å²) in [5, 5.41) is 0. The van der Waals surface area contributed by atoms with E-state index in [0.717, 1.165) is 0 Å². The molecule has 0 bridgehead atoms. The summed E-state index contributed by atoms with van der Waals surface area (Å²) in [5.74, 6) is 1.34. The SMILES string of the molecule is CCCCCCC(C)C1(C(C)CCCCCC)c2ccccc2-c2ccccc21. The minimum absolute atomic E-state index is 0.172. The maximum atomic E-state index is 2.55. The van der Waals surface area contributed by atoms with E-state index in [2.05, 4.69) is 76.2 Å². The smallest absolute Gasteiger partial charge is 0.0266 e. The van der Waals surface area contributed by atoms with Gasteiger partial charge in [0.15, 0.2) is 0 Å². The summed E-state index contributed by atoms with van der Waals surface area (Å²) < 4.78 is 0. The van der Waals surface area contributed by atoms with Gasteiger partial charge in [-0.25, -0.2) is 0 Å². The lowest BCUT2D eigenvalue weighted by Crippen LogP contribution is -2.40. The molecule has 0 heteroatoms. The van der Waals surface area contributed by atoms with Crippen LogP contribution in [-0.2, 0) is 5.41 Å². The second-order valence-electron chi connectivity index (χ2n) is 9.46. The van der Waals surface area contributed by atoms with Crippen molar-refractivity contribution < 1.29 is 0 Å². The number of unbranched alkanes of at least 4 members (excludes halogenated alkanes) is 6. The molecule has 158 valence electrons. The fourth-order valence-electron chi connectivity index (χ4n) is 6.06. The van der Waals surface area contributed by atoms with Crippen LogP contribution in [0, 0.1) is 11.8 Å². The molecule has 0 saturated carbocycles. The molecule has 0 spiro atoms. The summed E-state index contributed by atoms with van der Waals surface area (Å²) in [5.41, 5.74) is 6.36. The largest absolute Gasteiger partial charge is 0.0654 e. The Labute approximate surface area is 180 Å². The lowest BCUT2D eigenvalue weighted by atomic mass is 9.59. The van der Waals surface area contributed by atoms with Gasteiger partial charge in [-0.2, -0.15) is 0 Å². The molecule has 2 atom stereocenters. The highest BCUT2D eigenvalue weighted by atomic mass is 14.5. The molecule has 1 aliphatic carbocycles.